The summed E-state index contributed by atoms with van der Waals surface area (Å²) in [6, 6.07) is 7.18. The van der Waals surface area contributed by atoms with Crippen molar-refractivity contribution in [2.75, 3.05) is 0 Å². The molecule has 0 saturated heterocycles. The lowest BCUT2D eigenvalue weighted by molar-refractivity contribution is -0.0551. The largest absolute Gasteiger partial charge is 0.456 e. The maximum atomic E-state index is 12.0. The average molecular weight is 299 g/mol. The third kappa shape index (κ3) is 3.56. The molecule has 0 aliphatic rings. The van der Waals surface area contributed by atoms with Gasteiger partial charge in [-0.25, -0.2) is 4.79 Å². The second-order valence-corrected chi connectivity index (χ2v) is 6.57. The predicted molar refractivity (Wildman–Crippen MR) is 73.1 cm³/mol. The third-order valence-electron chi connectivity index (χ3n) is 3.23. The Hall–Kier alpha value is -0.830. The van der Waals surface area contributed by atoms with Gasteiger partial charge in [0.1, 0.15) is 5.60 Å². The van der Waals surface area contributed by atoms with Gasteiger partial charge in [0, 0.05) is 9.89 Å². The van der Waals surface area contributed by atoms with Crippen molar-refractivity contribution in [2.24, 2.45) is 5.41 Å². The Morgan fingerprint density at radius 3 is 1.94 bits per heavy atom. The van der Waals surface area contributed by atoms with E-state index in [0.29, 0.717) is 5.56 Å². The second-order valence-electron chi connectivity index (χ2n) is 5.66. The van der Waals surface area contributed by atoms with Crippen molar-refractivity contribution in [3.05, 3.63) is 34.3 Å². The molecule has 0 radical (unpaired) electrons. The summed E-state index contributed by atoms with van der Waals surface area (Å²) >= 11 is 3.34. The molecule has 0 aromatic heterocycles. The fraction of sp³-hybridized carbons (Fsp3) is 0.500. The van der Waals surface area contributed by atoms with E-state index in [4.69, 9.17) is 4.74 Å². The summed E-state index contributed by atoms with van der Waals surface area (Å²) in [5.74, 6) is -0.280. The molecule has 0 heterocycles. The number of carbonyl (C=O) groups is 1. The lowest BCUT2D eigenvalue weighted by Crippen LogP contribution is -2.41. The van der Waals surface area contributed by atoms with Crippen LogP contribution in [0.15, 0.2) is 28.7 Å². The van der Waals surface area contributed by atoms with Gasteiger partial charge in [0.15, 0.2) is 0 Å². The molecule has 1 aromatic rings. The molecular weight excluding hydrogens is 280 g/mol. The molecule has 17 heavy (non-hydrogen) atoms. The highest BCUT2D eigenvalue weighted by Crippen LogP contribution is 2.33. The summed E-state index contributed by atoms with van der Waals surface area (Å²) in [6.07, 6.45) is 0. The minimum atomic E-state index is -0.503. The van der Waals surface area contributed by atoms with Gasteiger partial charge in [0.25, 0.3) is 0 Å². The van der Waals surface area contributed by atoms with Crippen LogP contribution in [-0.4, -0.2) is 11.6 Å². The van der Waals surface area contributed by atoms with Crippen molar-refractivity contribution >= 4 is 21.9 Å². The van der Waals surface area contributed by atoms with Crippen LogP contribution in [0, 0.1) is 5.41 Å². The Kier molecular flexibility index (Phi) is 4.03. The second kappa shape index (κ2) is 4.81. The van der Waals surface area contributed by atoms with Crippen LogP contribution >= 0.6 is 15.9 Å². The number of rotatable bonds is 2. The van der Waals surface area contributed by atoms with Gasteiger partial charge in [-0.1, -0.05) is 36.7 Å². The standard InChI is InChI=1S/C14H19BrO2/c1-13(2,3)14(4,5)17-12(16)10-6-8-11(15)9-7-10/h6-9H,1-5H3. The number of ether oxygens (including phenoxy) is 1. The molecule has 0 fully saturated rings. The van der Waals surface area contributed by atoms with E-state index in [1.807, 2.05) is 26.0 Å². The molecule has 0 spiro atoms. The predicted octanol–water partition coefficient (Wildman–Crippen LogP) is 4.43. The molecule has 0 N–H and O–H groups in total. The highest BCUT2D eigenvalue weighted by Gasteiger charge is 2.36. The molecule has 94 valence electrons. The molecule has 0 saturated carbocycles. The van der Waals surface area contributed by atoms with Crippen LogP contribution in [-0.2, 0) is 4.74 Å². The van der Waals surface area contributed by atoms with Crippen molar-refractivity contribution in [3.63, 3.8) is 0 Å². The Bertz CT molecular complexity index is 399. The maximum absolute atomic E-state index is 12.0. The van der Waals surface area contributed by atoms with E-state index in [9.17, 15) is 4.79 Å². The minimum Gasteiger partial charge on any atom is -0.456 e. The monoisotopic (exact) mass is 298 g/mol. The first kappa shape index (κ1) is 14.2. The Labute approximate surface area is 111 Å². The van der Waals surface area contributed by atoms with E-state index in [0.717, 1.165) is 4.47 Å². The zero-order valence-electron chi connectivity index (χ0n) is 11.0. The first-order valence-corrected chi connectivity index (χ1v) is 6.42. The van der Waals surface area contributed by atoms with E-state index in [1.54, 1.807) is 12.1 Å². The van der Waals surface area contributed by atoms with Gasteiger partial charge in [-0.3, -0.25) is 0 Å². The highest BCUT2D eigenvalue weighted by atomic mass is 79.9. The van der Waals surface area contributed by atoms with Crippen molar-refractivity contribution in [3.8, 4) is 0 Å². The Morgan fingerprint density at radius 2 is 1.53 bits per heavy atom. The smallest absolute Gasteiger partial charge is 0.338 e. The summed E-state index contributed by atoms with van der Waals surface area (Å²) in [5.41, 5.74) is -0.0274. The van der Waals surface area contributed by atoms with E-state index in [-0.39, 0.29) is 11.4 Å². The molecule has 2 nitrogen and oxygen atoms in total. The van der Waals surface area contributed by atoms with Gasteiger partial charge in [-0.15, -0.1) is 0 Å². The van der Waals surface area contributed by atoms with Gasteiger partial charge in [-0.2, -0.15) is 0 Å². The molecule has 0 aliphatic carbocycles. The fourth-order valence-electron chi connectivity index (χ4n) is 1.03. The van der Waals surface area contributed by atoms with Crippen LogP contribution in [0.5, 0.6) is 0 Å². The van der Waals surface area contributed by atoms with E-state index >= 15 is 0 Å². The summed E-state index contributed by atoms with van der Waals surface area (Å²) in [6.45, 7) is 10.0. The first-order chi connectivity index (χ1) is 7.63. The average Bonchev–Trinajstić information content (AvgIpc) is 2.16. The van der Waals surface area contributed by atoms with Crippen molar-refractivity contribution in [1.29, 1.82) is 0 Å². The molecule has 0 unspecified atom stereocenters. The molecule has 0 amide bonds. The molecule has 1 aromatic carbocycles. The van der Waals surface area contributed by atoms with Gasteiger partial charge in [0.05, 0.1) is 5.56 Å². The number of benzene rings is 1. The number of halogens is 1. The molecule has 0 aliphatic heterocycles. The van der Waals surface area contributed by atoms with Crippen molar-refractivity contribution in [2.45, 2.75) is 40.2 Å². The fourth-order valence-corrected chi connectivity index (χ4v) is 1.29. The Morgan fingerprint density at radius 1 is 1.06 bits per heavy atom. The number of hydrogen-bond acceptors (Lipinski definition) is 2. The maximum Gasteiger partial charge on any atom is 0.338 e. The number of hydrogen-bond donors (Lipinski definition) is 0. The summed E-state index contributed by atoms with van der Waals surface area (Å²) < 4.78 is 6.52. The quantitative estimate of drug-likeness (QED) is 0.755. The summed E-state index contributed by atoms with van der Waals surface area (Å²) in [7, 11) is 0. The summed E-state index contributed by atoms with van der Waals surface area (Å²) in [5, 5.41) is 0. The van der Waals surface area contributed by atoms with Crippen molar-refractivity contribution in [1.82, 2.24) is 0 Å². The zero-order valence-corrected chi connectivity index (χ0v) is 12.6. The molecule has 1 rings (SSSR count). The molecule has 0 bridgehead atoms. The summed E-state index contributed by atoms with van der Waals surface area (Å²) in [4.78, 5) is 12.0. The van der Waals surface area contributed by atoms with Gasteiger partial charge in [-0.05, 0) is 38.1 Å². The number of carbonyl (C=O) groups excluding carboxylic acids is 1. The van der Waals surface area contributed by atoms with E-state index in [2.05, 4.69) is 36.7 Å². The van der Waals surface area contributed by atoms with Crippen LogP contribution in [0.4, 0.5) is 0 Å². The van der Waals surface area contributed by atoms with Gasteiger partial charge >= 0.3 is 5.97 Å². The molecular formula is C14H19BrO2. The normalized spacial score (nSPS) is 12.4. The van der Waals surface area contributed by atoms with Gasteiger partial charge < -0.3 is 4.74 Å². The number of esters is 1. The first-order valence-electron chi connectivity index (χ1n) is 5.62. The molecule has 0 atom stereocenters. The van der Waals surface area contributed by atoms with E-state index in [1.165, 1.54) is 0 Å². The highest BCUT2D eigenvalue weighted by molar-refractivity contribution is 9.10. The zero-order chi connectivity index (χ0) is 13.3. The lowest BCUT2D eigenvalue weighted by atomic mass is 9.79. The SMILES string of the molecule is CC(C)(C)C(C)(C)OC(=O)c1ccc(Br)cc1. The van der Waals surface area contributed by atoms with Crippen LogP contribution in [0.1, 0.15) is 45.0 Å². The van der Waals surface area contributed by atoms with Crippen molar-refractivity contribution < 1.29 is 9.53 Å². The Balaban J connectivity index is 2.83. The van der Waals surface area contributed by atoms with E-state index < -0.39 is 5.60 Å². The van der Waals surface area contributed by atoms with Crippen LogP contribution < -0.4 is 0 Å². The topological polar surface area (TPSA) is 26.3 Å². The minimum absolute atomic E-state index is 0.0992. The molecule has 3 heteroatoms. The van der Waals surface area contributed by atoms with Crippen LogP contribution in [0.3, 0.4) is 0 Å². The van der Waals surface area contributed by atoms with Gasteiger partial charge in [0.2, 0.25) is 0 Å². The third-order valence-corrected chi connectivity index (χ3v) is 3.76. The van der Waals surface area contributed by atoms with Crippen LogP contribution in [0.25, 0.3) is 0 Å². The lowest BCUT2D eigenvalue weighted by Gasteiger charge is -2.38. The van der Waals surface area contributed by atoms with Crippen LogP contribution in [0.2, 0.25) is 0 Å².